The number of sulfonamides is 1. The predicted octanol–water partition coefficient (Wildman–Crippen LogP) is 1.68. The standard InChI is InChI=1S/C15H22N2O5S/c1-3-7-23(21,22)17-13-6-4-5-12(9-13)15(20)16-10-11(2)8-14(18)19/h4-6,9,11,17H,3,7-8,10H2,1-2H3,(H,16,20)(H,18,19). The van der Waals surface area contributed by atoms with Crippen molar-refractivity contribution in [3.63, 3.8) is 0 Å². The lowest BCUT2D eigenvalue weighted by Gasteiger charge is -2.11. The molecule has 0 radical (unpaired) electrons. The lowest BCUT2D eigenvalue weighted by Crippen LogP contribution is -2.29. The minimum absolute atomic E-state index is 0.0100. The van der Waals surface area contributed by atoms with Crippen LogP contribution in [0, 0.1) is 5.92 Å². The summed E-state index contributed by atoms with van der Waals surface area (Å²) < 4.78 is 25.9. The molecule has 0 aliphatic rings. The van der Waals surface area contributed by atoms with Crippen LogP contribution in [0.1, 0.15) is 37.0 Å². The molecule has 0 aliphatic heterocycles. The van der Waals surface area contributed by atoms with E-state index in [1.54, 1.807) is 32.0 Å². The van der Waals surface area contributed by atoms with Gasteiger partial charge < -0.3 is 10.4 Å². The Morgan fingerprint density at radius 1 is 1.30 bits per heavy atom. The summed E-state index contributed by atoms with van der Waals surface area (Å²) in [6.45, 7) is 3.72. The van der Waals surface area contributed by atoms with Gasteiger partial charge in [-0.3, -0.25) is 14.3 Å². The molecule has 7 nitrogen and oxygen atoms in total. The van der Waals surface area contributed by atoms with Gasteiger partial charge in [0.25, 0.3) is 5.91 Å². The van der Waals surface area contributed by atoms with Crippen LogP contribution in [0.25, 0.3) is 0 Å². The number of carboxylic acid groups (broad SMARTS) is 1. The second-order valence-corrected chi connectivity index (χ2v) is 7.26. The fourth-order valence-corrected chi connectivity index (χ4v) is 3.09. The summed E-state index contributed by atoms with van der Waals surface area (Å²) in [5.41, 5.74) is 0.633. The Balaban J connectivity index is 2.69. The maximum Gasteiger partial charge on any atom is 0.303 e. The molecule has 0 aliphatic carbocycles. The summed E-state index contributed by atoms with van der Waals surface area (Å²) in [5.74, 6) is -1.48. The Kier molecular flexibility index (Phi) is 7.02. The highest BCUT2D eigenvalue weighted by atomic mass is 32.2. The van der Waals surface area contributed by atoms with E-state index >= 15 is 0 Å². The van der Waals surface area contributed by atoms with Crippen molar-refractivity contribution in [2.75, 3.05) is 17.0 Å². The molecule has 1 aromatic carbocycles. The maximum absolute atomic E-state index is 12.0. The van der Waals surface area contributed by atoms with E-state index in [0.29, 0.717) is 17.7 Å². The van der Waals surface area contributed by atoms with Crippen LogP contribution in [0.5, 0.6) is 0 Å². The lowest BCUT2D eigenvalue weighted by atomic mass is 10.1. The molecule has 0 aromatic heterocycles. The predicted molar refractivity (Wildman–Crippen MR) is 87.9 cm³/mol. The third-order valence-corrected chi connectivity index (χ3v) is 4.50. The number of hydrogen-bond acceptors (Lipinski definition) is 4. The molecule has 1 atom stereocenters. The number of carbonyl (C=O) groups is 2. The molecule has 128 valence electrons. The minimum atomic E-state index is -3.41. The smallest absolute Gasteiger partial charge is 0.303 e. The zero-order chi connectivity index (χ0) is 17.5. The van der Waals surface area contributed by atoms with Crippen LogP contribution in [0.2, 0.25) is 0 Å². The number of nitrogens with one attached hydrogen (secondary N) is 2. The highest BCUT2D eigenvalue weighted by molar-refractivity contribution is 7.92. The molecule has 0 fully saturated rings. The Bertz CT molecular complexity index is 658. The highest BCUT2D eigenvalue weighted by Crippen LogP contribution is 2.13. The van der Waals surface area contributed by atoms with Gasteiger partial charge >= 0.3 is 5.97 Å². The van der Waals surface area contributed by atoms with E-state index in [-0.39, 0.29) is 30.5 Å². The van der Waals surface area contributed by atoms with Gasteiger partial charge in [0.2, 0.25) is 10.0 Å². The molecular formula is C15H22N2O5S. The third kappa shape index (κ3) is 7.14. The van der Waals surface area contributed by atoms with Crippen molar-refractivity contribution in [1.29, 1.82) is 0 Å². The fourth-order valence-electron chi connectivity index (χ4n) is 1.96. The molecular weight excluding hydrogens is 320 g/mol. The summed E-state index contributed by atoms with van der Waals surface area (Å²) in [4.78, 5) is 22.6. The summed E-state index contributed by atoms with van der Waals surface area (Å²) >= 11 is 0. The number of rotatable bonds is 9. The zero-order valence-electron chi connectivity index (χ0n) is 13.2. The van der Waals surface area contributed by atoms with Gasteiger partial charge in [0.05, 0.1) is 5.75 Å². The van der Waals surface area contributed by atoms with Crippen molar-refractivity contribution in [3.05, 3.63) is 29.8 Å². The third-order valence-electron chi connectivity index (χ3n) is 3.01. The Hall–Kier alpha value is -2.09. The number of aliphatic carboxylic acids is 1. The van der Waals surface area contributed by atoms with Gasteiger partial charge in [-0.15, -0.1) is 0 Å². The van der Waals surface area contributed by atoms with Crippen molar-refractivity contribution in [3.8, 4) is 0 Å². The Morgan fingerprint density at radius 3 is 2.61 bits per heavy atom. The topological polar surface area (TPSA) is 113 Å². The zero-order valence-corrected chi connectivity index (χ0v) is 14.0. The first-order chi connectivity index (χ1) is 10.7. The van der Waals surface area contributed by atoms with Crippen LogP contribution in [-0.4, -0.2) is 37.7 Å². The fraction of sp³-hybridized carbons (Fsp3) is 0.467. The van der Waals surface area contributed by atoms with Gasteiger partial charge in [-0.05, 0) is 30.5 Å². The SMILES string of the molecule is CCCS(=O)(=O)Nc1cccc(C(=O)NCC(C)CC(=O)O)c1. The van der Waals surface area contributed by atoms with Gasteiger partial charge in [-0.1, -0.05) is 19.9 Å². The molecule has 0 saturated heterocycles. The highest BCUT2D eigenvalue weighted by Gasteiger charge is 2.13. The summed E-state index contributed by atoms with van der Waals surface area (Å²) in [6.07, 6.45) is 0.466. The number of anilines is 1. The second kappa shape index (κ2) is 8.52. The summed E-state index contributed by atoms with van der Waals surface area (Å²) in [5, 5.41) is 11.3. The molecule has 0 spiro atoms. The number of benzene rings is 1. The lowest BCUT2D eigenvalue weighted by molar-refractivity contribution is -0.137. The molecule has 23 heavy (non-hydrogen) atoms. The second-order valence-electron chi connectivity index (χ2n) is 5.41. The van der Waals surface area contributed by atoms with E-state index in [1.165, 1.54) is 6.07 Å². The first kappa shape index (κ1) is 19.0. The van der Waals surface area contributed by atoms with Crippen LogP contribution in [0.15, 0.2) is 24.3 Å². The molecule has 0 heterocycles. The number of carbonyl (C=O) groups excluding carboxylic acids is 1. The van der Waals surface area contributed by atoms with Gasteiger partial charge in [0.1, 0.15) is 0 Å². The van der Waals surface area contributed by atoms with Crippen LogP contribution in [-0.2, 0) is 14.8 Å². The number of carboxylic acids is 1. The van der Waals surface area contributed by atoms with Crippen LogP contribution in [0.3, 0.4) is 0 Å². The van der Waals surface area contributed by atoms with Crippen molar-refractivity contribution in [1.82, 2.24) is 5.32 Å². The molecule has 0 bridgehead atoms. The van der Waals surface area contributed by atoms with Gasteiger partial charge in [0.15, 0.2) is 0 Å². The average Bonchev–Trinajstić information content (AvgIpc) is 2.43. The quantitative estimate of drug-likeness (QED) is 0.632. The molecule has 1 aromatic rings. The Morgan fingerprint density at radius 2 is 2.00 bits per heavy atom. The normalized spacial score (nSPS) is 12.4. The molecule has 8 heteroatoms. The molecule has 1 rings (SSSR count). The van der Waals surface area contributed by atoms with E-state index in [2.05, 4.69) is 10.0 Å². The van der Waals surface area contributed by atoms with E-state index in [0.717, 1.165) is 0 Å². The largest absolute Gasteiger partial charge is 0.481 e. The average molecular weight is 342 g/mol. The van der Waals surface area contributed by atoms with E-state index in [9.17, 15) is 18.0 Å². The van der Waals surface area contributed by atoms with E-state index in [4.69, 9.17) is 5.11 Å². The summed E-state index contributed by atoms with van der Waals surface area (Å²) in [7, 11) is -3.41. The van der Waals surface area contributed by atoms with Gasteiger partial charge in [-0.2, -0.15) is 0 Å². The molecule has 0 saturated carbocycles. The van der Waals surface area contributed by atoms with E-state index < -0.39 is 16.0 Å². The Labute approximate surface area is 136 Å². The minimum Gasteiger partial charge on any atom is -0.481 e. The monoisotopic (exact) mass is 342 g/mol. The molecule has 3 N–H and O–H groups in total. The number of amides is 1. The van der Waals surface area contributed by atoms with Gasteiger partial charge in [0, 0.05) is 24.2 Å². The van der Waals surface area contributed by atoms with Crippen molar-refractivity contribution < 1.29 is 23.1 Å². The summed E-state index contributed by atoms with van der Waals surface area (Å²) in [6, 6.07) is 6.16. The molecule has 1 amide bonds. The van der Waals surface area contributed by atoms with Crippen LogP contribution >= 0.6 is 0 Å². The first-order valence-corrected chi connectivity index (χ1v) is 8.99. The first-order valence-electron chi connectivity index (χ1n) is 7.34. The van der Waals surface area contributed by atoms with E-state index in [1.807, 2.05) is 0 Å². The van der Waals surface area contributed by atoms with Crippen LogP contribution in [0.4, 0.5) is 5.69 Å². The molecule has 1 unspecified atom stereocenters. The van der Waals surface area contributed by atoms with Crippen molar-refractivity contribution in [2.45, 2.75) is 26.7 Å². The van der Waals surface area contributed by atoms with Crippen LogP contribution < -0.4 is 10.0 Å². The maximum atomic E-state index is 12.0. The van der Waals surface area contributed by atoms with Gasteiger partial charge in [-0.25, -0.2) is 8.42 Å². The van der Waals surface area contributed by atoms with Crippen molar-refractivity contribution >= 4 is 27.6 Å². The van der Waals surface area contributed by atoms with Crippen molar-refractivity contribution in [2.24, 2.45) is 5.92 Å². The number of hydrogen-bond donors (Lipinski definition) is 3.